The topological polar surface area (TPSA) is 79.9 Å². The van der Waals surface area contributed by atoms with Crippen LogP contribution in [-0.2, 0) is 9.53 Å². The molecule has 0 saturated heterocycles. The van der Waals surface area contributed by atoms with Crippen LogP contribution in [0.15, 0.2) is 18.2 Å². The highest BCUT2D eigenvalue weighted by molar-refractivity contribution is 5.99. The number of carbonyl (C=O) groups is 2. The van der Waals surface area contributed by atoms with E-state index in [0.717, 1.165) is 19.4 Å². The van der Waals surface area contributed by atoms with Crippen molar-refractivity contribution in [2.75, 3.05) is 39.2 Å². The number of carbonyl (C=O) groups excluding carboxylic acids is 2. The van der Waals surface area contributed by atoms with E-state index in [1.165, 1.54) is 0 Å². The smallest absolute Gasteiger partial charge is 0.257 e. The van der Waals surface area contributed by atoms with Crippen LogP contribution in [0.1, 0.15) is 37.0 Å². The molecule has 1 saturated carbocycles. The molecule has 2 amide bonds. The summed E-state index contributed by atoms with van der Waals surface area (Å²) in [7, 11) is 3.45. The minimum atomic E-state index is -0.120. The molecule has 7 nitrogen and oxygen atoms in total. The maximum Gasteiger partial charge on any atom is 0.257 e. The molecular weight excluding hydrogens is 358 g/mol. The Morgan fingerprint density at radius 1 is 1.32 bits per heavy atom. The Kier molecular flexibility index (Phi) is 6.57. The van der Waals surface area contributed by atoms with E-state index < -0.39 is 0 Å². The average Bonchev–Trinajstić information content (AvgIpc) is 3.52. The third-order valence-corrected chi connectivity index (χ3v) is 5.44. The first-order valence-electron chi connectivity index (χ1n) is 9.98. The fourth-order valence-corrected chi connectivity index (χ4v) is 3.32. The summed E-state index contributed by atoms with van der Waals surface area (Å²) in [5, 5.41) is 6.38. The van der Waals surface area contributed by atoms with Crippen LogP contribution in [0.2, 0.25) is 0 Å². The van der Waals surface area contributed by atoms with Gasteiger partial charge in [0.05, 0.1) is 11.7 Å². The number of methoxy groups -OCH3 is 1. The van der Waals surface area contributed by atoms with E-state index in [2.05, 4.69) is 17.6 Å². The van der Waals surface area contributed by atoms with Gasteiger partial charge in [0.25, 0.3) is 5.91 Å². The zero-order valence-corrected chi connectivity index (χ0v) is 17.2. The minimum absolute atomic E-state index is 0.0310. The van der Waals surface area contributed by atoms with Crippen LogP contribution in [-0.4, -0.2) is 62.7 Å². The van der Waals surface area contributed by atoms with Gasteiger partial charge in [0.1, 0.15) is 12.4 Å². The highest BCUT2D eigenvalue weighted by Crippen LogP contribution is 2.31. The first-order chi connectivity index (χ1) is 13.4. The molecule has 3 rings (SSSR count). The molecule has 0 radical (unpaired) electrons. The summed E-state index contributed by atoms with van der Waals surface area (Å²) in [4.78, 5) is 26.8. The number of rotatable bonds is 3. The number of fused-ring (bicyclic) bond motifs is 1. The second kappa shape index (κ2) is 8.92. The summed E-state index contributed by atoms with van der Waals surface area (Å²) >= 11 is 0. The Hall–Kier alpha value is -2.12. The van der Waals surface area contributed by atoms with Gasteiger partial charge < -0.3 is 25.0 Å². The molecule has 1 fully saturated rings. The van der Waals surface area contributed by atoms with Crippen molar-refractivity contribution in [1.29, 1.82) is 0 Å². The molecule has 154 valence electrons. The molecule has 1 aliphatic heterocycles. The summed E-state index contributed by atoms with van der Waals surface area (Å²) < 4.78 is 11.6. The van der Waals surface area contributed by atoms with E-state index >= 15 is 0 Å². The quantitative estimate of drug-likeness (QED) is 0.828. The molecule has 1 aromatic rings. The lowest BCUT2D eigenvalue weighted by Crippen LogP contribution is -2.44. The van der Waals surface area contributed by atoms with Gasteiger partial charge in [0, 0.05) is 51.0 Å². The van der Waals surface area contributed by atoms with Crippen LogP contribution in [0, 0.1) is 11.8 Å². The number of amides is 2. The Morgan fingerprint density at radius 2 is 2.07 bits per heavy atom. The van der Waals surface area contributed by atoms with Crippen molar-refractivity contribution in [3.8, 4) is 5.75 Å². The lowest BCUT2D eigenvalue weighted by molar-refractivity contribution is -0.117. The molecule has 28 heavy (non-hydrogen) atoms. The minimum Gasteiger partial charge on any atom is -0.491 e. The number of hydrogen-bond donors (Lipinski definition) is 2. The predicted molar refractivity (Wildman–Crippen MR) is 108 cm³/mol. The highest BCUT2D eigenvalue weighted by atomic mass is 16.5. The van der Waals surface area contributed by atoms with Gasteiger partial charge in [-0.05, 0) is 37.8 Å². The first-order valence-corrected chi connectivity index (χ1v) is 9.98. The molecule has 0 aromatic heterocycles. The summed E-state index contributed by atoms with van der Waals surface area (Å²) in [6.07, 6.45) is 1.83. The fraction of sp³-hybridized carbons (Fsp3) is 0.619. The maximum absolute atomic E-state index is 13.0. The van der Waals surface area contributed by atoms with Crippen LogP contribution in [0.3, 0.4) is 0 Å². The number of likely N-dealkylation sites (N-methyl/N-ethyl adjacent to an activating group) is 1. The largest absolute Gasteiger partial charge is 0.491 e. The zero-order valence-electron chi connectivity index (χ0n) is 17.2. The van der Waals surface area contributed by atoms with E-state index in [1.807, 2.05) is 6.92 Å². The number of benzene rings is 1. The molecule has 2 N–H and O–H groups in total. The van der Waals surface area contributed by atoms with Crippen LogP contribution >= 0.6 is 0 Å². The van der Waals surface area contributed by atoms with Gasteiger partial charge in [-0.2, -0.15) is 0 Å². The van der Waals surface area contributed by atoms with Gasteiger partial charge in [0.15, 0.2) is 0 Å². The third kappa shape index (κ3) is 5.02. The van der Waals surface area contributed by atoms with E-state index in [4.69, 9.17) is 9.47 Å². The van der Waals surface area contributed by atoms with Gasteiger partial charge in [0.2, 0.25) is 5.91 Å². The Morgan fingerprint density at radius 3 is 2.75 bits per heavy atom. The standard InChI is InChI=1S/C21H31N3O4/c1-13-10-22-14(2)12-28-18-9-16(23-20(25)15-5-6-15)7-8-17(18)21(26)24(3)11-19(13)27-4/h7-9,13-15,19,22H,5-6,10-12H2,1-4H3,(H,23,25)/t13-,14-,19-/m1/s1. The summed E-state index contributed by atoms with van der Waals surface area (Å²) in [6.45, 7) is 5.85. The van der Waals surface area contributed by atoms with Crippen molar-refractivity contribution in [1.82, 2.24) is 10.2 Å². The monoisotopic (exact) mass is 389 g/mol. The van der Waals surface area contributed by atoms with Gasteiger partial charge >= 0.3 is 0 Å². The molecule has 1 aromatic carbocycles. The second-order valence-electron chi connectivity index (χ2n) is 8.03. The zero-order chi connectivity index (χ0) is 20.3. The molecule has 7 heteroatoms. The van der Waals surface area contributed by atoms with E-state index in [0.29, 0.717) is 30.2 Å². The number of nitrogens with one attached hydrogen (secondary N) is 2. The van der Waals surface area contributed by atoms with Crippen LogP contribution in [0.5, 0.6) is 5.75 Å². The lowest BCUT2D eigenvalue weighted by atomic mass is 10.0. The molecule has 0 bridgehead atoms. The average molecular weight is 389 g/mol. The molecule has 0 unspecified atom stereocenters. The van der Waals surface area contributed by atoms with Crippen molar-refractivity contribution in [3.63, 3.8) is 0 Å². The van der Waals surface area contributed by atoms with E-state index in [1.54, 1.807) is 37.3 Å². The van der Waals surface area contributed by atoms with Crippen molar-refractivity contribution in [3.05, 3.63) is 23.8 Å². The Bertz CT molecular complexity index is 720. The molecular formula is C21H31N3O4. The lowest BCUT2D eigenvalue weighted by Gasteiger charge is -2.30. The predicted octanol–water partition coefficient (Wildman–Crippen LogP) is 2.13. The van der Waals surface area contributed by atoms with Crippen molar-refractivity contribution in [2.24, 2.45) is 11.8 Å². The van der Waals surface area contributed by atoms with Gasteiger partial charge in [-0.3, -0.25) is 9.59 Å². The van der Waals surface area contributed by atoms with E-state index in [9.17, 15) is 9.59 Å². The third-order valence-electron chi connectivity index (χ3n) is 5.44. The second-order valence-corrected chi connectivity index (χ2v) is 8.03. The molecule has 2 aliphatic rings. The summed E-state index contributed by atoms with van der Waals surface area (Å²) in [6, 6.07) is 5.35. The van der Waals surface area contributed by atoms with Crippen LogP contribution in [0.25, 0.3) is 0 Å². The van der Waals surface area contributed by atoms with Gasteiger partial charge in [-0.15, -0.1) is 0 Å². The van der Waals surface area contributed by atoms with E-state index in [-0.39, 0.29) is 35.8 Å². The van der Waals surface area contributed by atoms with Crippen LogP contribution < -0.4 is 15.4 Å². The van der Waals surface area contributed by atoms with Crippen molar-refractivity contribution in [2.45, 2.75) is 38.8 Å². The maximum atomic E-state index is 13.0. The van der Waals surface area contributed by atoms with Crippen molar-refractivity contribution >= 4 is 17.5 Å². The SMILES string of the molecule is CO[C@@H]1CN(C)C(=O)c2ccc(NC(=O)C3CC3)cc2OC[C@@H](C)NC[C@H]1C. The van der Waals surface area contributed by atoms with Gasteiger partial charge in [-0.25, -0.2) is 0 Å². The summed E-state index contributed by atoms with van der Waals surface area (Å²) in [5.41, 5.74) is 1.14. The normalized spacial score (nSPS) is 26.5. The van der Waals surface area contributed by atoms with Gasteiger partial charge in [-0.1, -0.05) is 6.92 Å². The number of nitrogens with zero attached hydrogens (tertiary/aromatic N) is 1. The Labute approximate surface area is 166 Å². The first kappa shape index (κ1) is 20.6. The highest BCUT2D eigenvalue weighted by Gasteiger charge is 2.30. The number of hydrogen-bond acceptors (Lipinski definition) is 5. The molecule has 1 heterocycles. The number of ether oxygens (including phenoxy) is 2. The van der Waals surface area contributed by atoms with Crippen LogP contribution in [0.4, 0.5) is 5.69 Å². The summed E-state index contributed by atoms with van der Waals surface area (Å²) in [5.74, 6) is 0.768. The van der Waals surface area contributed by atoms with Crippen molar-refractivity contribution < 1.29 is 19.1 Å². The molecule has 0 spiro atoms. The fourth-order valence-electron chi connectivity index (χ4n) is 3.32. The number of anilines is 1. The Balaban J connectivity index is 1.85. The molecule has 1 aliphatic carbocycles. The molecule has 3 atom stereocenters.